The average molecular weight is 353 g/mol. The van der Waals surface area contributed by atoms with Crippen molar-refractivity contribution in [1.29, 1.82) is 0 Å². The summed E-state index contributed by atoms with van der Waals surface area (Å²) in [5.74, 6) is -0.243. The second kappa shape index (κ2) is 5.68. The Bertz CT molecular complexity index is 739. The molecule has 1 amide bonds. The van der Waals surface area contributed by atoms with Crippen LogP contribution in [-0.2, 0) is 24.3 Å². The molecule has 130 valence electrons. The van der Waals surface area contributed by atoms with Gasteiger partial charge in [0.15, 0.2) is 5.79 Å². The average Bonchev–Trinajstić information content (AvgIpc) is 3.02. The van der Waals surface area contributed by atoms with Crippen molar-refractivity contribution in [3.8, 4) is 0 Å². The fourth-order valence-corrected chi connectivity index (χ4v) is 4.32. The summed E-state index contributed by atoms with van der Waals surface area (Å²) in [5.41, 5.74) is 0.539. The van der Waals surface area contributed by atoms with E-state index in [1.165, 1.54) is 0 Å². The number of carbonyl (C=O) groups is 1. The van der Waals surface area contributed by atoms with Gasteiger partial charge in [-0.1, -0.05) is 0 Å². The summed E-state index contributed by atoms with van der Waals surface area (Å²) in [7, 11) is -3.38. The first-order chi connectivity index (χ1) is 11.5. The molecule has 0 aromatic heterocycles. The Hall–Kier alpha value is -1.71. The second-order valence-electron chi connectivity index (χ2n) is 6.25. The highest BCUT2D eigenvalue weighted by Crippen LogP contribution is 2.32. The van der Waals surface area contributed by atoms with E-state index >= 15 is 0 Å². The summed E-state index contributed by atoms with van der Waals surface area (Å²) in [6.07, 6.45) is 6.24. The highest BCUT2D eigenvalue weighted by molar-refractivity contribution is 7.90. The number of carbonyl (C=O) groups excluding carboxylic acids is 1. The van der Waals surface area contributed by atoms with E-state index < -0.39 is 15.8 Å². The van der Waals surface area contributed by atoms with Gasteiger partial charge in [-0.15, -0.1) is 4.40 Å². The molecule has 9 heteroatoms. The van der Waals surface area contributed by atoms with Gasteiger partial charge in [0.25, 0.3) is 15.9 Å². The third-order valence-corrected chi connectivity index (χ3v) is 5.86. The molecule has 0 atom stereocenters. The zero-order valence-electron chi connectivity index (χ0n) is 13.2. The van der Waals surface area contributed by atoms with Gasteiger partial charge >= 0.3 is 0 Å². The van der Waals surface area contributed by atoms with E-state index in [2.05, 4.69) is 4.40 Å². The van der Waals surface area contributed by atoms with Crippen LogP contribution < -0.4 is 0 Å². The zero-order chi connectivity index (χ0) is 16.8. The summed E-state index contributed by atoms with van der Waals surface area (Å²) >= 11 is 0. The van der Waals surface area contributed by atoms with Gasteiger partial charge in [-0.2, -0.15) is 0 Å². The number of sulfonamides is 1. The van der Waals surface area contributed by atoms with E-state index in [9.17, 15) is 13.2 Å². The Morgan fingerprint density at radius 3 is 2.54 bits per heavy atom. The maximum absolute atomic E-state index is 12.7. The number of amides is 1. The first-order valence-corrected chi connectivity index (χ1v) is 9.64. The normalized spacial score (nSPS) is 27.7. The molecule has 0 aliphatic carbocycles. The minimum absolute atomic E-state index is 0.0385. The molecule has 4 rings (SSSR count). The van der Waals surface area contributed by atoms with Crippen molar-refractivity contribution in [1.82, 2.24) is 9.80 Å². The van der Waals surface area contributed by atoms with E-state index in [0.717, 1.165) is 0 Å². The Morgan fingerprint density at radius 1 is 1.12 bits per heavy atom. The van der Waals surface area contributed by atoms with Gasteiger partial charge in [0, 0.05) is 38.7 Å². The second-order valence-corrected chi connectivity index (χ2v) is 8.00. The Morgan fingerprint density at radius 2 is 1.83 bits per heavy atom. The molecule has 4 heterocycles. The van der Waals surface area contributed by atoms with Crippen LogP contribution in [0, 0.1) is 0 Å². The van der Waals surface area contributed by atoms with Crippen LogP contribution in [0.2, 0.25) is 0 Å². The third-order valence-electron chi connectivity index (χ3n) is 4.70. The molecule has 24 heavy (non-hydrogen) atoms. The number of hydrogen-bond acceptors (Lipinski definition) is 6. The molecule has 2 fully saturated rings. The summed E-state index contributed by atoms with van der Waals surface area (Å²) in [5, 5.41) is 0. The largest absolute Gasteiger partial charge is 0.347 e. The van der Waals surface area contributed by atoms with Crippen LogP contribution in [0.1, 0.15) is 12.8 Å². The molecule has 0 radical (unpaired) electrons. The van der Waals surface area contributed by atoms with Crippen LogP contribution in [0.4, 0.5) is 0 Å². The van der Waals surface area contributed by atoms with Crippen LogP contribution in [0.15, 0.2) is 28.3 Å². The maximum atomic E-state index is 12.7. The lowest BCUT2D eigenvalue weighted by molar-refractivity contribution is -0.186. The summed E-state index contributed by atoms with van der Waals surface area (Å²) in [4.78, 5) is 16.2. The van der Waals surface area contributed by atoms with Crippen LogP contribution in [0.5, 0.6) is 0 Å². The van der Waals surface area contributed by atoms with E-state index in [-0.39, 0.29) is 11.7 Å². The molecule has 0 saturated carbocycles. The van der Waals surface area contributed by atoms with Crippen LogP contribution in [0.3, 0.4) is 0 Å². The minimum Gasteiger partial charge on any atom is -0.347 e. The first kappa shape index (κ1) is 15.8. The number of piperidine rings is 1. The molecule has 1 spiro atoms. The fraction of sp³-hybridized carbons (Fsp3) is 0.600. The minimum atomic E-state index is -3.38. The van der Waals surface area contributed by atoms with Gasteiger partial charge in [-0.05, 0) is 12.2 Å². The number of likely N-dealkylation sites (tertiary alicyclic amines) is 1. The smallest absolute Gasteiger partial charge is 0.256 e. The van der Waals surface area contributed by atoms with Crippen molar-refractivity contribution in [2.75, 3.05) is 38.6 Å². The standard InChI is InChI=1S/C15H19N3O5S/c19-14(17-5-3-15(4-6-17)22-8-9-23-15)12-1-2-13-16-24(20,21)10-7-18(13)11-12/h1-2,11H,3-10H2. The molecule has 0 unspecified atom stereocenters. The van der Waals surface area contributed by atoms with Crippen molar-refractivity contribution in [2.45, 2.75) is 18.6 Å². The van der Waals surface area contributed by atoms with Gasteiger partial charge in [0.05, 0.1) is 24.5 Å². The van der Waals surface area contributed by atoms with E-state index in [4.69, 9.17) is 9.47 Å². The molecule has 4 aliphatic heterocycles. The van der Waals surface area contributed by atoms with Crippen molar-refractivity contribution < 1.29 is 22.7 Å². The Labute approximate surface area is 140 Å². The lowest BCUT2D eigenvalue weighted by Crippen LogP contribution is -2.48. The van der Waals surface area contributed by atoms with Gasteiger partial charge in [0.1, 0.15) is 5.84 Å². The lowest BCUT2D eigenvalue weighted by Gasteiger charge is -2.38. The van der Waals surface area contributed by atoms with Crippen LogP contribution in [-0.4, -0.2) is 74.3 Å². The van der Waals surface area contributed by atoms with E-state index in [1.807, 2.05) is 0 Å². The molecule has 0 N–H and O–H groups in total. The number of nitrogens with zero attached hydrogens (tertiary/aromatic N) is 3. The number of hydrogen-bond donors (Lipinski definition) is 0. The Kier molecular flexibility index (Phi) is 3.74. The van der Waals surface area contributed by atoms with Gasteiger partial charge in [0.2, 0.25) is 0 Å². The highest BCUT2D eigenvalue weighted by Gasteiger charge is 2.41. The fourth-order valence-electron chi connectivity index (χ4n) is 3.35. The molecular formula is C15H19N3O5S. The first-order valence-electron chi connectivity index (χ1n) is 8.03. The van der Waals surface area contributed by atoms with Crippen molar-refractivity contribution in [2.24, 2.45) is 4.40 Å². The maximum Gasteiger partial charge on any atom is 0.256 e. The predicted octanol–water partition coefficient (Wildman–Crippen LogP) is -0.150. The van der Waals surface area contributed by atoms with Crippen molar-refractivity contribution in [3.63, 3.8) is 0 Å². The Balaban J connectivity index is 1.45. The van der Waals surface area contributed by atoms with Gasteiger partial charge in [-0.25, -0.2) is 8.42 Å². The quantitative estimate of drug-likeness (QED) is 0.651. The summed E-state index contributed by atoms with van der Waals surface area (Å²) in [6.45, 7) is 2.70. The molecule has 4 aliphatic rings. The van der Waals surface area contributed by atoms with Gasteiger partial charge in [-0.3, -0.25) is 4.79 Å². The summed E-state index contributed by atoms with van der Waals surface area (Å²) < 4.78 is 38.1. The van der Waals surface area contributed by atoms with Gasteiger partial charge < -0.3 is 19.3 Å². The molecule has 0 aromatic rings. The predicted molar refractivity (Wildman–Crippen MR) is 85.6 cm³/mol. The number of rotatable bonds is 1. The zero-order valence-corrected chi connectivity index (χ0v) is 14.0. The number of fused-ring (bicyclic) bond motifs is 1. The van der Waals surface area contributed by atoms with Crippen LogP contribution >= 0.6 is 0 Å². The highest BCUT2D eigenvalue weighted by atomic mass is 32.2. The van der Waals surface area contributed by atoms with Crippen LogP contribution in [0.25, 0.3) is 0 Å². The van der Waals surface area contributed by atoms with E-state index in [1.54, 1.807) is 28.2 Å². The molecule has 0 aromatic carbocycles. The molecule has 2 saturated heterocycles. The number of amidine groups is 1. The SMILES string of the molecule is O=C(C1=CN2CCS(=O)(=O)N=C2C=C1)N1CCC2(CC1)OCCO2. The molecular weight excluding hydrogens is 334 g/mol. The number of ether oxygens (including phenoxy) is 2. The molecule has 8 nitrogen and oxygen atoms in total. The molecule has 0 bridgehead atoms. The topological polar surface area (TPSA) is 88.5 Å². The monoisotopic (exact) mass is 353 g/mol. The van der Waals surface area contributed by atoms with E-state index in [0.29, 0.717) is 57.1 Å². The third kappa shape index (κ3) is 2.87. The van der Waals surface area contributed by atoms with Crippen molar-refractivity contribution in [3.05, 3.63) is 23.9 Å². The summed E-state index contributed by atoms with van der Waals surface area (Å²) in [6, 6.07) is 0. The van der Waals surface area contributed by atoms with Crippen molar-refractivity contribution >= 4 is 21.8 Å². The lowest BCUT2D eigenvalue weighted by atomic mass is 10.0.